The van der Waals surface area contributed by atoms with Gasteiger partial charge < -0.3 is 4.74 Å². The summed E-state index contributed by atoms with van der Waals surface area (Å²) in [7, 11) is 0. The van der Waals surface area contributed by atoms with E-state index < -0.39 is 17.2 Å². The molecule has 0 aliphatic heterocycles. The first-order valence-corrected chi connectivity index (χ1v) is 11.2. The third kappa shape index (κ3) is 5.73. The van der Waals surface area contributed by atoms with Crippen LogP contribution in [0.25, 0.3) is 0 Å². The van der Waals surface area contributed by atoms with Crippen LogP contribution in [-0.4, -0.2) is 6.61 Å². The van der Waals surface area contributed by atoms with E-state index in [0.29, 0.717) is 6.61 Å². The molecule has 0 aromatic heterocycles. The van der Waals surface area contributed by atoms with Crippen molar-refractivity contribution in [2.45, 2.75) is 70.4 Å². The van der Waals surface area contributed by atoms with Crippen LogP contribution in [0.3, 0.4) is 0 Å². The van der Waals surface area contributed by atoms with Crippen LogP contribution in [0.5, 0.6) is 5.75 Å². The Bertz CT molecular complexity index is 997. The van der Waals surface area contributed by atoms with Crippen LogP contribution in [-0.2, 0) is 11.6 Å². The molecule has 170 valence electrons. The molecule has 3 rings (SSSR count). The number of alkyl halides is 3. The quantitative estimate of drug-likeness (QED) is 0.308. The number of hydrogen-bond donors (Lipinski definition) is 0. The summed E-state index contributed by atoms with van der Waals surface area (Å²) in [5.41, 5.74) is 3.60. The van der Waals surface area contributed by atoms with Crippen LogP contribution in [0, 0.1) is 11.3 Å². The minimum Gasteiger partial charge on any atom is -0.494 e. The zero-order valence-corrected chi connectivity index (χ0v) is 18.9. The predicted molar refractivity (Wildman–Crippen MR) is 121 cm³/mol. The fourth-order valence-electron chi connectivity index (χ4n) is 4.32. The van der Waals surface area contributed by atoms with Gasteiger partial charge in [0.05, 0.1) is 23.7 Å². The lowest BCUT2D eigenvalue weighted by Gasteiger charge is -2.17. The summed E-state index contributed by atoms with van der Waals surface area (Å²) in [5.74, 6) is 1.03. The van der Waals surface area contributed by atoms with E-state index in [4.69, 9.17) is 4.74 Å². The second-order valence-electron chi connectivity index (χ2n) is 9.00. The number of nitriles is 1. The molecule has 32 heavy (non-hydrogen) atoms. The molecule has 0 spiro atoms. The van der Waals surface area contributed by atoms with Gasteiger partial charge in [0, 0.05) is 0 Å². The van der Waals surface area contributed by atoms with E-state index in [0.717, 1.165) is 49.0 Å². The molecule has 0 fully saturated rings. The number of nitrogens with zero attached hydrogens (tertiary/aromatic N) is 1. The first kappa shape index (κ1) is 23.9. The van der Waals surface area contributed by atoms with Gasteiger partial charge in [-0.25, -0.2) is 0 Å². The van der Waals surface area contributed by atoms with Gasteiger partial charge in [-0.05, 0) is 87.3 Å². The van der Waals surface area contributed by atoms with E-state index in [1.54, 1.807) is 12.1 Å². The van der Waals surface area contributed by atoms with Gasteiger partial charge >= 0.3 is 6.18 Å². The molecule has 0 saturated carbocycles. The van der Waals surface area contributed by atoms with Crippen LogP contribution in [0.15, 0.2) is 59.7 Å². The lowest BCUT2D eigenvalue weighted by atomic mass is 9.86. The van der Waals surface area contributed by atoms with Crippen LogP contribution in [0.1, 0.15) is 75.5 Å². The fourth-order valence-corrected chi connectivity index (χ4v) is 4.32. The molecule has 5 heteroatoms. The van der Waals surface area contributed by atoms with Gasteiger partial charge in [0.25, 0.3) is 0 Å². The molecular weight excluding hydrogens is 411 g/mol. The minimum atomic E-state index is -4.30. The monoisotopic (exact) mass is 441 g/mol. The molecule has 2 aromatic rings. The molecule has 0 amide bonds. The SMILES string of the molecule is CCC1=C(CCCOc2cccc(C(C)(C)C#N)c2)CC(c2ccc(C(F)(F)F)cc2)C1. The predicted octanol–water partition coefficient (Wildman–Crippen LogP) is 7.95. The maximum atomic E-state index is 12.8. The van der Waals surface area contributed by atoms with Gasteiger partial charge in [0.15, 0.2) is 0 Å². The van der Waals surface area contributed by atoms with Crippen molar-refractivity contribution in [1.82, 2.24) is 0 Å². The summed E-state index contributed by atoms with van der Waals surface area (Å²) in [6, 6.07) is 15.6. The maximum absolute atomic E-state index is 12.8. The third-order valence-electron chi connectivity index (χ3n) is 6.35. The summed E-state index contributed by atoms with van der Waals surface area (Å²) < 4.78 is 44.4. The molecule has 0 N–H and O–H groups in total. The maximum Gasteiger partial charge on any atom is 0.416 e. The van der Waals surface area contributed by atoms with Crippen LogP contribution in [0.4, 0.5) is 13.2 Å². The highest BCUT2D eigenvalue weighted by molar-refractivity contribution is 5.37. The van der Waals surface area contributed by atoms with Gasteiger partial charge in [0.1, 0.15) is 5.75 Å². The van der Waals surface area contributed by atoms with Crippen LogP contribution in [0.2, 0.25) is 0 Å². The van der Waals surface area contributed by atoms with E-state index in [1.165, 1.54) is 23.3 Å². The van der Waals surface area contributed by atoms with Gasteiger partial charge in [-0.15, -0.1) is 0 Å². The Labute approximate surface area is 188 Å². The van der Waals surface area contributed by atoms with Crippen molar-refractivity contribution in [1.29, 1.82) is 5.26 Å². The summed E-state index contributed by atoms with van der Waals surface area (Å²) in [6.45, 7) is 6.50. The topological polar surface area (TPSA) is 33.0 Å². The molecule has 0 bridgehead atoms. The average Bonchev–Trinajstić information content (AvgIpc) is 3.19. The summed E-state index contributed by atoms with van der Waals surface area (Å²) in [4.78, 5) is 0. The van der Waals surface area contributed by atoms with Crippen molar-refractivity contribution in [2.75, 3.05) is 6.61 Å². The molecule has 2 aromatic carbocycles. The summed E-state index contributed by atoms with van der Waals surface area (Å²) in [6.07, 6.45) is 0.312. The molecule has 1 atom stereocenters. The van der Waals surface area contributed by atoms with Gasteiger partial charge in [-0.3, -0.25) is 0 Å². The van der Waals surface area contributed by atoms with Crippen LogP contribution >= 0.6 is 0 Å². The number of hydrogen-bond acceptors (Lipinski definition) is 2. The lowest BCUT2D eigenvalue weighted by molar-refractivity contribution is -0.137. The second kappa shape index (κ2) is 9.81. The minimum absolute atomic E-state index is 0.257. The second-order valence-corrected chi connectivity index (χ2v) is 9.00. The smallest absolute Gasteiger partial charge is 0.416 e. The molecule has 0 saturated heterocycles. The molecule has 1 aliphatic rings. The van der Waals surface area contributed by atoms with Gasteiger partial charge in [-0.1, -0.05) is 42.3 Å². The number of halogens is 3. The Hall–Kier alpha value is -2.74. The van der Waals surface area contributed by atoms with Crippen LogP contribution < -0.4 is 4.74 Å². The van der Waals surface area contributed by atoms with Crippen molar-refractivity contribution in [3.63, 3.8) is 0 Å². The zero-order valence-electron chi connectivity index (χ0n) is 18.9. The zero-order chi connectivity index (χ0) is 23.4. The number of allylic oxidation sites excluding steroid dienone is 2. The van der Waals surface area contributed by atoms with Crippen molar-refractivity contribution < 1.29 is 17.9 Å². The normalized spacial score (nSPS) is 16.8. The van der Waals surface area contributed by atoms with Crippen molar-refractivity contribution in [3.8, 4) is 11.8 Å². The highest BCUT2D eigenvalue weighted by Crippen LogP contribution is 2.42. The Kier molecular flexibility index (Phi) is 7.33. The fraction of sp³-hybridized carbons (Fsp3) is 0.444. The van der Waals surface area contributed by atoms with Crippen molar-refractivity contribution in [3.05, 3.63) is 76.4 Å². The van der Waals surface area contributed by atoms with E-state index >= 15 is 0 Å². The Morgan fingerprint density at radius 3 is 2.31 bits per heavy atom. The number of benzene rings is 2. The molecule has 0 heterocycles. The highest BCUT2D eigenvalue weighted by Gasteiger charge is 2.31. The Balaban J connectivity index is 1.54. The lowest BCUT2D eigenvalue weighted by Crippen LogP contribution is -2.13. The van der Waals surface area contributed by atoms with Gasteiger partial charge in [-0.2, -0.15) is 18.4 Å². The van der Waals surface area contributed by atoms with Gasteiger partial charge in [0.2, 0.25) is 0 Å². The first-order valence-electron chi connectivity index (χ1n) is 11.2. The van der Waals surface area contributed by atoms with Crippen molar-refractivity contribution in [2.24, 2.45) is 0 Å². The summed E-state index contributed by atoms with van der Waals surface area (Å²) >= 11 is 0. The molecule has 1 unspecified atom stereocenters. The molecule has 0 radical (unpaired) electrons. The molecular formula is C27H30F3NO. The average molecular weight is 442 g/mol. The van der Waals surface area contributed by atoms with E-state index in [1.807, 2.05) is 38.1 Å². The molecule has 2 nitrogen and oxygen atoms in total. The number of rotatable bonds is 8. The van der Waals surface area contributed by atoms with E-state index in [9.17, 15) is 18.4 Å². The molecule has 1 aliphatic carbocycles. The van der Waals surface area contributed by atoms with Crippen molar-refractivity contribution >= 4 is 0 Å². The Morgan fingerprint density at radius 1 is 1.00 bits per heavy atom. The largest absolute Gasteiger partial charge is 0.494 e. The number of ether oxygens (including phenoxy) is 1. The highest BCUT2D eigenvalue weighted by atomic mass is 19.4. The Morgan fingerprint density at radius 2 is 1.69 bits per heavy atom. The third-order valence-corrected chi connectivity index (χ3v) is 6.35. The van der Waals surface area contributed by atoms with E-state index in [-0.39, 0.29) is 5.92 Å². The van der Waals surface area contributed by atoms with E-state index in [2.05, 4.69) is 13.0 Å². The summed E-state index contributed by atoms with van der Waals surface area (Å²) in [5, 5.41) is 9.33. The first-order chi connectivity index (χ1) is 15.1. The standard InChI is InChI=1S/C27H30F3NO/c1-4-19-15-22(20-10-12-23(13-11-20)27(28,29)30)16-21(19)7-6-14-32-25-9-5-8-24(17-25)26(2,3)18-31/h5,8-13,17,22H,4,6-7,14-16H2,1-3H3.